The molecule has 0 saturated heterocycles. The summed E-state index contributed by atoms with van der Waals surface area (Å²) in [7, 11) is 0. The van der Waals surface area contributed by atoms with E-state index in [9.17, 15) is 5.11 Å². The van der Waals surface area contributed by atoms with Gasteiger partial charge < -0.3 is 5.11 Å². The van der Waals surface area contributed by atoms with Crippen LogP contribution in [0.5, 0.6) is 0 Å². The second-order valence-electron chi connectivity index (χ2n) is 5.43. The summed E-state index contributed by atoms with van der Waals surface area (Å²) in [5.41, 5.74) is 3.50. The molecule has 2 aromatic rings. The van der Waals surface area contributed by atoms with Crippen molar-refractivity contribution in [3.63, 3.8) is 0 Å². The third-order valence-corrected chi connectivity index (χ3v) is 3.56. The fourth-order valence-corrected chi connectivity index (χ4v) is 2.23. The highest BCUT2D eigenvalue weighted by atomic mass is 16.3. The van der Waals surface area contributed by atoms with Crippen LogP contribution in [0.1, 0.15) is 25.0 Å². The van der Waals surface area contributed by atoms with Crippen LogP contribution in [0.15, 0.2) is 30.5 Å². The molecule has 1 atom stereocenters. The predicted octanol–water partition coefficient (Wildman–Crippen LogP) is 3.35. The molecular formula is C16H21NO. The van der Waals surface area contributed by atoms with E-state index < -0.39 is 0 Å². The van der Waals surface area contributed by atoms with Crippen molar-refractivity contribution < 1.29 is 5.11 Å². The summed E-state index contributed by atoms with van der Waals surface area (Å²) in [6.45, 7) is 6.63. The number of fused-ring (bicyclic) bond motifs is 1. The first-order valence-corrected chi connectivity index (χ1v) is 6.56. The lowest BCUT2D eigenvalue weighted by atomic mass is 9.89. The molecule has 1 N–H and O–H groups in total. The Morgan fingerprint density at radius 3 is 2.67 bits per heavy atom. The molecular weight excluding hydrogens is 222 g/mol. The molecule has 2 nitrogen and oxygen atoms in total. The minimum Gasteiger partial charge on any atom is -0.396 e. The number of nitrogens with zero attached hydrogens (tertiary/aromatic N) is 1. The van der Waals surface area contributed by atoms with Crippen LogP contribution in [-0.4, -0.2) is 16.7 Å². The zero-order valence-corrected chi connectivity index (χ0v) is 11.4. The largest absolute Gasteiger partial charge is 0.396 e. The molecule has 0 aliphatic rings. The zero-order valence-electron chi connectivity index (χ0n) is 11.4. The molecule has 0 fully saturated rings. The molecule has 0 amide bonds. The van der Waals surface area contributed by atoms with Crippen molar-refractivity contribution in [2.75, 3.05) is 6.61 Å². The van der Waals surface area contributed by atoms with E-state index in [1.807, 2.05) is 6.20 Å². The summed E-state index contributed by atoms with van der Waals surface area (Å²) in [6, 6.07) is 8.55. The second-order valence-corrected chi connectivity index (χ2v) is 5.43. The molecule has 0 spiro atoms. The molecule has 2 heteroatoms. The molecule has 0 saturated carbocycles. The first kappa shape index (κ1) is 13.0. The maximum absolute atomic E-state index is 9.40. The van der Waals surface area contributed by atoms with Gasteiger partial charge in [0.05, 0.1) is 5.52 Å². The molecule has 18 heavy (non-hydrogen) atoms. The Bertz CT molecular complexity index is 534. The molecule has 0 aliphatic heterocycles. The first-order chi connectivity index (χ1) is 8.60. The van der Waals surface area contributed by atoms with E-state index in [0.717, 1.165) is 11.9 Å². The van der Waals surface area contributed by atoms with Crippen LogP contribution in [0.2, 0.25) is 0 Å². The van der Waals surface area contributed by atoms with Crippen molar-refractivity contribution in [3.8, 4) is 0 Å². The number of rotatable bonds is 4. The molecule has 96 valence electrons. The van der Waals surface area contributed by atoms with Gasteiger partial charge in [0.1, 0.15) is 0 Å². The van der Waals surface area contributed by atoms with E-state index >= 15 is 0 Å². The van der Waals surface area contributed by atoms with E-state index in [2.05, 4.69) is 50.0 Å². The summed E-state index contributed by atoms with van der Waals surface area (Å²) in [5.74, 6) is 0.835. The average molecular weight is 243 g/mol. The van der Waals surface area contributed by atoms with Crippen molar-refractivity contribution in [1.82, 2.24) is 4.98 Å². The van der Waals surface area contributed by atoms with Gasteiger partial charge in [-0.15, -0.1) is 0 Å². The fourth-order valence-electron chi connectivity index (χ4n) is 2.23. The van der Waals surface area contributed by atoms with Crippen LogP contribution in [0, 0.1) is 18.8 Å². The first-order valence-electron chi connectivity index (χ1n) is 6.56. The molecule has 1 unspecified atom stereocenters. The van der Waals surface area contributed by atoms with Crippen molar-refractivity contribution in [3.05, 3.63) is 41.6 Å². The number of aromatic nitrogens is 1. The molecule has 2 rings (SSSR count). The maximum Gasteiger partial charge on any atom is 0.0702 e. The molecule has 0 bridgehead atoms. The lowest BCUT2D eigenvalue weighted by Gasteiger charge is -2.18. The Hall–Kier alpha value is -1.41. The van der Waals surface area contributed by atoms with Gasteiger partial charge in [-0.1, -0.05) is 19.9 Å². The summed E-state index contributed by atoms with van der Waals surface area (Å²) in [6.07, 6.45) is 2.82. The third kappa shape index (κ3) is 2.88. The Morgan fingerprint density at radius 2 is 2.00 bits per heavy atom. The van der Waals surface area contributed by atoms with Crippen molar-refractivity contribution in [2.45, 2.75) is 27.2 Å². The van der Waals surface area contributed by atoms with Gasteiger partial charge in [-0.25, -0.2) is 0 Å². The topological polar surface area (TPSA) is 33.1 Å². The fraction of sp³-hybridized carbons (Fsp3) is 0.438. The van der Waals surface area contributed by atoms with Crippen LogP contribution in [0.25, 0.3) is 10.9 Å². The summed E-state index contributed by atoms with van der Waals surface area (Å²) >= 11 is 0. The highest BCUT2D eigenvalue weighted by Crippen LogP contribution is 2.20. The van der Waals surface area contributed by atoms with Crippen molar-refractivity contribution in [1.29, 1.82) is 0 Å². The minimum atomic E-state index is 0.252. The van der Waals surface area contributed by atoms with Crippen molar-refractivity contribution >= 4 is 10.9 Å². The SMILES string of the molecule is Cc1cnc2ccc(CC(CO)C(C)C)cc2c1. The summed E-state index contributed by atoms with van der Waals surface area (Å²) in [5, 5.41) is 10.6. The summed E-state index contributed by atoms with van der Waals surface area (Å²) < 4.78 is 0. The predicted molar refractivity (Wildman–Crippen MR) is 75.6 cm³/mol. The molecule has 1 aromatic heterocycles. The number of aryl methyl sites for hydroxylation is 1. The smallest absolute Gasteiger partial charge is 0.0702 e. The maximum atomic E-state index is 9.40. The number of pyridine rings is 1. The van der Waals surface area contributed by atoms with Gasteiger partial charge in [0.25, 0.3) is 0 Å². The van der Waals surface area contributed by atoms with Crippen LogP contribution >= 0.6 is 0 Å². The van der Waals surface area contributed by atoms with Gasteiger partial charge in [-0.3, -0.25) is 4.98 Å². The van der Waals surface area contributed by atoms with Crippen LogP contribution in [0.3, 0.4) is 0 Å². The lowest BCUT2D eigenvalue weighted by molar-refractivity contribution is 0.189. The Kier molecular flexibility index (Phi) is 3.97. The van der Waals surface area contributed by atoms with Gasteiger partial charge in [-0.2, -0.15) is 0 Å². The highest BCUT2D eigenvalue weighted by Gasteiger charge is 2.13. The Balaban J connectivity index is 2.29. The molecule has 0 aliphatic carbocycles. The monoisotopic (exact) mass is 243 g/mol. The van der Waals surface area contributed by atoms with Gasteiger partial charge in [0.2, 0.25) is 0 Å². The standard InChI is InChI=1S/C16H21NO/c1-11(2)15(10-18)8-13-4-5-16-14(7-13)6-12(3)9-17-16/h4-7,9,11,15,18H,8,10H2,1-3H3. The van der Waals surface area contributed by atoms with E-state index in [0.29, 0.717) is 11.8 Å². The quantitative estimate of drug-likeness (QED) is 0.893. The van der Waals surface area contributed by atoms with Crippen LogP contribution in [-0.2, 0) is 6.42 Å². The number of benzene rings is 1. The number of aliphatic hydroxyl groups excluding tert-OH is 1. The molecule has 0 radical (unpaired) electrons. The Labute approximate surface area is 109 Å². The van der Waals surface area contributed by atoms with Gasteiger partial charge in [0, 0.05) is 18.2 Å². The number of hydrogen-bond donors (Lipinski definition) is 1. The molecule has 1 heterocycles. The van der Waals surface area contributed by atoms with E-state index in [1.54, 1.807) is 0 Å². The van der Waals surface area contributed by atoms with Gasteiger partial charge in [-0.05, 0) is 54.5 Å². The number of aliphatic hydroxyl groups is 1. The van der Waals surface area contributed by atoms with Gasteiger partial charge in [0.15, 0.2) is 0 Å². The van der Waals surface area contributed by atoms with E-state index in [4.69, 9.17) is 0 Å². The summed E-state index contributed by atoms with van der Waals surface area (Å²) in [4.78, 5) is 4.41. The highest BCUT2D eigenvalue weighted by molar-refractivity contribution is 5.79. The van der Waals surface area contributed by atoms with E-state index in [-0.39, 0.29) is 6.61 Å². The second kappa shape index (κ2) is 5.49. The van der Waals surface area contributed by atoms with Crippen LogP contribution in [0.4, 0.5) is 0 Å². The number of hydrogen-bond acceptors (Lipinski definition) is 2. The zero-order chi connectivity index (χ0) is 13.1. The Morgan fingerprint density at radius 1 is 1.22 bits per heavy atom. The van der Waals surface area contributed by atoms with Crippen LogP contribution < -0.4 is 0 Å². The van der Waals surface area contributed by atoms with E-state index in [1.165, 1.54) is 16.5 Å². The van der Waals surface area contributed by atoms with Gasteiger partial charge >= 0.3 is 0 Å². The molecule has 1 aromatic carbocycles. The van der Waals surface area contributed by atoms with Crippen molar-refractivity contribution in [2.24, 2.45) is 11.8 Å². The lowest BCUT2D eigenvalue weighted by Crippen LogP contribution is -2.16. The average Bonchev–Trinajstić information content (AvgIpc) is 2.35. The minimum absolute atomic E-state index is 0.252. The third-order valence-electron chi connectivity index (χ3n) is 3.56. The normalized spacial score (nSPS) is 13.2.